The molecule has 1 saturated heterocycles. The first-order valence-corrected chi connectivity index (χ1v) is 5.40. The number of ether oxygens (including phenoxy) is 1. The summed E-state index contributed by atoms with van der Waals surface area (Å²) in [4.78, 5) is 23.2. The smallest absolute Gasteiger partial charge is 0.351 e. The van der Waals surface area contributed by atoms with Crippen LogP contribution in [-0.4, -0.2) is 30.6 Å². The van der Waals surface area contributed by atoms with Gasteiger partial charge in [-0.2, -0.15) is 5.26 Å². The lowest BCUT2D eigenvalue weighted by Gasteiger charge is -2.30. The van der Waals surface area contributed by atoms with Gasteiger partial charge in [-0.1, -0.05) is 0 Å². The Morgan fingerprint density at radius 2 is 2.00 bits per heavy atom. The van der Waals surface area contributed by atoms with Gasteiger partial charge in [-0.3, -0.25) is 4.79 Å². The van der Waals surface area contributed by atoms with Gasteiger partial charge in [-0.25, -0.2) is 4.79 Å². The van der Waals surface area contributed by atoms with Crippen LogP contribution < -0.4 is 10.6 Å². The van der Waals surface area contributed by atoms with Gasteiger partial charge in [0.2, 0.25) is 0 Å². The number of carbonyl (C=O) groups excluding carboxylic acids is 2. The van der Waals surface area contributed by atoms with E-state index < -0.39 is 11.9 Å². The van der Waals surface area contributed by atoms with E-state index in [0.717, 1.165) is 0 Å². The van der Waals surface area contributed by atoms with Crippen LogP contribution in [-0.2, 0) is 14.3 Å². The summed E-state index contributed by atoms with van der Waals surface area (Å²) in [6.45, 7) is 5.48. The molecule has 1 amide bonds. The predicted molar refractivity (Wildman–Crippen MR) is 59.5 cm³/mol. The van der Waals surface area contributed by atoms with Crippen molar-refractivity contribution in [1.29, 1.82) is 5.26 Å². The Kier molecular flexibility index (Phi) is 4.10. The molecule has 2 N–H and O–H groups in total. The standard InChI is InChI=1S/C11H15N3O3/c1-4-17-11(16)8(5-12)9-10(15)14-7(3)6(2)13-9/h6-7,13H,4H2,1-3H3,(H,14,15)/b9-8-/t6-,7+/m0/s1. The summed E-state index contributed by atoms with van der Waals surface area (Å²) in [5, 5.41) is 14.4. The second-order valence-corrected chi connectivity index (χ2v) is 3.78. The zero-order valence-corrected chi connectivity index (χ0v) is 10.0. The third kappa shape index (κ3) is 2.75. The number of nitrogens with zero attached hydrogens (tertiary/aromatic N) is 1. The van der Waals surface area contributed by atoms with Gasteiger partial charge < -0.3 is 15.4 Å². The minimum atomic E-state index is -0.783. The summed E-state index contributed by atoms with van der Waals surface area (Å²) in [5.41, 5.74) is -0.306. The first kappa shape index (κ1) is 13.0. The highest BCUT2D eigenvalue weighted by Crippen LogP contribution is 2.11. The Morgan fingerprint density at radius 3 is 2.53 bits per heavy atom. The van der Waals surface area contributed by atoms with Crippen molar-refractivity contribution in [3.8, 4) is 6.07 Å². The van der Waals surface area contributed by atoms with Crippen molar-refractivity contribution in [2.75, 3.05) is 6.61 Å². The molecular weight excluding hydrogens is 222 g/mol. The summed E-state index contributed by atoms with van der Waals surface area (Å²) in [6.07, 6.45) is 0. The molecule has 0 spiro atoms. The summed E-state index contributed by atoms with van der Waals surface area (Å²) >= 11 is 0. The molecule has 0 aromatic heterocycles. The minimum Gasteiger partial charge on any atom is -0.462 e. The number of rotatable bonds is 2. The van der Waals surface area contributed by atoms with Crippen LogP contribution in [0.5, 0.6) is 0 Å². The number of esters is 1. The van der Waals surface area contributed by atoms with Crippen LogP contribution in [0.4, 0.5) is 0 Å². The predicted octanol–water partition coefficient (Wildman–Crippen LogP) is -0.176. The van der Waals surface area contributed by atoms with Crippen molar-refractivity contribution in [2.24, 2.45) is 0 Å². The number of amides is 1. The average molecular weight is 237 g/mol. The maximum Gasteiger partial charge on any atom is 0.351 e. The Hall–Kier alpha value is -2.03. The first-order valence-electron chi connectivity index (χ1n) is 5.40. The van der Waals surface area contributed by atoms with Gasteiger partial charge in [-0.05, 0) is 20.8 Å². The molecule has 0 bridgehead atoms. The maximum atomic E-state index is 11.7. The Bertz CT molecular complexity index is 409. The van der Waals surface area contributed by atoms with Crippen LogP contribution in [0, 0.1) is 11.3 Å². The molecule has 0 radical (unpaired) electrons. The topological polar surface area (TPSA) is 91.2 Å². The van der Waals surface area contributed by atoms with Crippen LogP contribution in [0.2, 0.25) is 0 Å². The number of hydrogen-bond acceptors (Lipinski definition) is 5. The lowest BCUT2D eigenvalue weighted by atomic mass is 10.1. The fourth-order valence-electron chi connectivity index (χ4n) is 1.41. The van der Waals surface area contributed by atoms with Gasteiger partial charge in [0.05, 0.1) is 6.61 Å². The molecule has 0 aromatic carbocycles. The van der Waals surface area contributed by atoms with E-state index in [9.17, 15) is 9.59 Å². The molecule has 17 heavy (non-hydrogen) atoms. The first-order chi connectivity index (χ1) is 8.01. The van der Waals surface area contributed by atoms with Gasteiger partial charge >= 0.3 is 5.97 Å². The van der Waals surface area contributed by atoms with E-state index in [0.29, 0.717) is 0 Å². The molecule has 6 nitrogen and oxygen atoms in total. The maximum absolute atomic E-state index is 11.7. The van der Waals surface area contributed by atoms with Crippen molar-refractivity contribution < 1.29 is 14.3 Å². The summed E-state index contributed by atoms with van der Waals surface area (Å²) in [7, 11) is 0. The number of hydrogen-bond donors (Lipinski definition) is 2. The van der Waals surface area contributed by atoms with Crippen molar-refractivity contribution in [2.45, 2.75) is 32.9 Å². The van der Waals surface area contributed by atoms with E-state index in [1.54, 1.807) is 13.0 Å². The van der Waals surface area contributed by atoms with Gasteiger partial charge in [-0.15, -0.1) is 0 Å². The highest BCUT2D eigenvalue weighted by Gasteiger charge is 2.30. The van der Waals surface area contributed by atoms with E-state index in [2.05, 4.69) is 10.6 Å². The molecular formula is C11H15N3O3. The average Bonchev–Trinajstić information content (AvgIpc) is 2.26. The summed E-state index contributed by atoms with van der Waals surface area (Å²) < 4.78 is 4.72. The van der Waals surface area contributed by atoms with Crippen molar-refractivity contribution in [3.05, 3.63) is 11.3 Å². The molecule has 92 valence electrons. The monoisotopic (exact) mass is 237 g/mol. The SMILES string of the molecule is CCOC(=O)/C(C#N)=C1\N[C@@H](C)[C@@H](C)NC1=O. The molecule has 1 rings (SSSR count). The summed E-state index contributed by atoms with van der Waals surface area (Å²) in [5.74, 6) is -1.24. The van der Waals surface area contributed by atoms with E-state index in [1.807, 2.05) is 13.8 Å². The number of piperazine rings is 1. The van der Waals surface area contributed by atoms with Crippen LogP contribution in [0.25, 0.3) is 0 Å². The largest absolute Gasteiger partial charge is 0.462 e. The fourth-order valence-corrected chi connectivity index (χ4v) is 1.41. The Labute approximate surface area is 99.6 Å². The quantitative estimate of drug-likeness (QED) is 0.395. The molecule has 0 aliphatic carbocycles. The molecule has 1 aliphatic heterocycles. The second-order valence-electron chi connectivity index (χ2n) is 3.78. The van der Waals surface area contributed by atoms with Crippen LogP contribution in [0.3, 0.4) is 0 Å². The molecule has 0 aromatic rings. The number of nitriles is 1. The fraction of sp³-hybridized carbons (Fsp3) is 0.545. The minimum absolute atomic E-state index is 0.0171. The van der Waals surface area contributed by atoms with Gasteiger partial charge in [0.1, 0.15) is 11.8 Å². The Balaban J connectivity index is 3.05. The molecule has 0 saturated carbocycles. The zero-order chi connectivity index (χ0) is 13.0. The summed E-state index contributed by atoms with van der Waals surface area (Å²) in [6, 6.07) is 1.59. The lowest BCUT2D eigenvalue weighted by molar-refractivity contribution is -0.138. The van der Waals surface area contributed by atoms with Crippen molar-refractivity contribution in [3.63, 3.8) is 0 Å². The van der Waals surface area contributed by atoms with Gasteiger partial charge in [0.25, 0.3) is 5.91 Å². The zero-order valence-electron chi connectivity index (χ0n) is 10.0. The highest BCUT2D eigenvalue weighted by atomic mass is 16.5. The van der Waals surface area contributed by atoms with E-state index in [-0.39, 0.29) is 30.0 Å². The number of nitrogens with one attached hydrogen (secondary N) is 2. The van der Waals surface area contributed by atoms with E-state index in [4.69, 9.17) is 10.00 Å². The van der Waals surface area contributed by atoms with Crippen molar-refractivity contribution >= 4 is 11.9 Å². The van der Waals surface area contributed by atoms with Crippen LogP contribution in [0.15, 0.2) is 11.3 Å². The molecule has 0 unspecified atom stereocenters. The third-order valence-electron chi connectivity index (χ3n) is 2.55. The second kappa shape index (κ2) is 5.34. The Morgan fingerprint density at radius 1 is 1.41 bits per heavy atom. The van der Waals surface area contributed by atoms with Gasteiger partial charge in [0.15, 0.2) is 5.57 Å². The lowest BCUT2D eigenvalue weighted by Crippen LogP contribution is -2.55. The van der Waals surface area contributed by atoms with E-state index in [1.165, 1.54) is 0 Å². The molecule has 1 aliphatic rings. The van der Waals surface area contributed by atoms with Crippen molar-refractivity contribution in [1.82, 2.24) is 10.6 Å². The van der Waals surface area contributed by atoms with E-state index >= 15 is 0 Å². The van der Waals surface area contributed by atoms with Crippen LogP contribution >= 0.6 is 0 Å². The molecule has 6 heteroatoms. The normalized spacial score (nSPS) is 26.4. The highest BCUT2D eigenvalue weighted by molar-refractivity contribution is 6.05. The molecule has 2 atom stereocenters. The molecule has 1 heterocycles. The number of carbonyl (C=O) groups is 2. The van der Waals surface area contributed by atoms with Crippen LogP contribution in [0.1, 0.15) is 20.8 Å². The van der Waals surface area contributed by atoms with Gasteiger partial charge in [0, 0.05) is 12.1 Å². The third-order valence-corrected chi connectivity index (χ3v) is 2.55. The molecule has 1 fully saturated rings.